The quantitative estimate of drug-likeness (QED) is 0.425. The van der Waals surface area contributed by atoms with Crippen LogP contribution in [0.1, 0.15) is 47.0 Å². The molecule has 0 aromatic rings. The van der Waals surface area contributed by atoms with Crippen molar-refractivity contribution in [3.05, 3.63) is 0 Å². The summed E-state index contributed by atoms with van der Waals surface area (Å²) in [7, 11) is -3.97. The third-order valence-corrected chi connectivity index (χ3v) is 3.71. The monoisotopic (exact) mass is 311 g/mol. The Hall–Kier alpha value is 0.0300. The number of unbranched alkanes of at least 4 members (excludes halogenated alkanes) is 1. The van der Waals surface area contributed by atoms with Gasteiger partial charge in [0.05, 0.1) is 25.4 Å². The third-order valence-electron chi connectivity index (χ3n) is 2.55. The molecule has 122 valence electrons. The highest BCUT2D eigenvalue weighted by Gasteiger charge is 2.24. The Kier molecular flexibility index (Phi) is 10.7. The van der Waals surface area contributed by atoms with Crippen molar-refractivity contribution < 1.29 is 23.2 Å². The van der Waals surface area contributed by atoms with E-state index in [1.54, 1.807) is 13.8 Å². The number of rotatable bonds is 12. The fraction of sp³-hybridized carbons (Fsp3) is 1.00. The Morgan fingerprint density at radius 2 is 1.75 bits per heavy atom. The molecule has 0 heterocycles. The molecule has 0 aromatic carbocycles. The first kappa shape index (κ1) is 20.0. The van der Waals surface area contributed by atoms with Crippen LogP contribution < -0.4 is 5.73 Å². The van der Waals surface area contributed by atoms with E-state index in [0.29, 0.717) is 13.2 Å². The van der Waals surface area contributed by atoms with Crippen LogP contribution in [-0.4, -0.2) is 36.9 Å². The maximum atomic E-state index is 11.6. The van der Waals surface area contributed by atoms with Crippen molar-refractivity contribution in [1.29, 1.82) is 0 Å². The molecule has 0 saturated heterocycles. The second-order valence-electron chi connectivity index (χ2n) is 5.45. The van der Waals surface area contributed by atoms with Crippen molar-refractivity contribution in [2.45, 2.75) is 59.2 Å². The summed E-state index contributed by atoms with van der Waals surface area (Å²) in [5.74, 6) is 0.0696. The van der Waals surface area contributed by atoms with Crippen LogP contribution in [0, 0.1) is 5.92 Å². The molecular weight excluding hydrogens is 281 g/mol. The summed E-state index contributed by atoms with van der Waals surface area (Å²) in [6, 6.07) is 0. The van der Waals surface area contributed by atoms with Crippen LogP contribution >= 0.6 is 7.82 Å². The van der Waals surface area contributed by atoms with E-state index in [1.165, 1.54) is 0 Å². The summed E-state index contributed by atoms with van der Waals surface area (Å²) in [5, 5.41) is 0. The first-order valence-electron chi connectivity index (χ1n) is 7.24. The van der Waals surface area contributed by atoms with Gasteiger partial charge in [0.15, 0.2) is 0 Å². The summed E-state index contributed by atoms with van der Waals surface area (Å²) < 4.78 is 27.1. The van der Waals surface area contributed by atoms with Crippen molar-refractivity contribution in [3.63, 3.8) is 0 Å². The summed E-state index contributed by atoms with van der Waals surface area (Å²) in [5.41, 5.74) is 5.47. The maximum absolute atomic E-state index is 11.6. The molecule has 3 N–H and O–H groups in total. The molecule has 0 amide bonds. The van der Waals surface area contributed by atoms with E-state index < -0.39 is 7.82 Å². The van der Waals surface area contributed by atoms with E-state index in [2.05, 4.69) is 0 Å². The number of phosphoric acid groups is 1. The molecular formula is C13H30NO5P. The van der Waals surface area contributed by atoms with E-state index in [1.807, 2.05) is 13.8 Å². The van der Waals surface area contributed by atoms with E-state index in [9.17, 15) is 9.46 Å². The zero-order valence-corrected chi connectivity index (χ0v) is 14.0. The van der Waals surface area contributed by atoms with Gasteiger partial charge in [-0.15, -0.1) is 0 Å². The maximum Gasteiger partial charge on any atom is 0.472 e. The van der Waals surface area contributed by atoms with Crippen LogP contribution in [-0.2, 0) is 18.3 Å². The summed E-state index contributed by atoms with van der Waals surface area (Å²) in [4.78, 5) is 9.53. The largest absolute Gasteiger partial charge is 0.472 e. The van der Waals surface area contributed by atoms with Gasteiger partial charge in [0.2, 0.25) is 0 Å². The lowest BCUT2D eigenvalue weighted by Gasteiger charge is -2.21. The standard InChI is InChI=1S/C13H30NO5P/c1-11(2)17-9-13(7-5-6-8-14)10-18-20(15,16)19-12(3)4/h11-13H,5-10,14H2,1-4H3,(H,15,16). The molecule has 0 radical (unpaired) electrons. The van der Waals surface area contributed by atoms with Gasteiger partial charge in [-0.05, 0) is 47.1 Å². The molecule has 20 heavy (non-hydrogen) atoms. The number of hydrogen-bond acceptors (Lipinski definition) is 5. The molecule has 0 aliphatic heterocycles. The highest BCUT2D eigenvalue weighted by Crippen LogP contribution is 2.45. The van der Waals surface area contributed by atoms with E-state index in [-0.39, 0.29) is 24.7 Å². The minimum absolute atomic E-state index is 0.0696. The van der Waals surface area contributed by atoms with Gasteiger partial charge in [-0.2, -0.15) is 0 Å². The van der Waals surface area contributed by atoms with E-state index >= 15 is 0 Å². The molecule has 0 spiro atoms. The molecule has 2 unspecified atom stereocenters. The lowest BCUT2D eigenvalue weighted by atomic mass is 10.0. The highest BCUT2D eigenvalue weighted by molar-refractivity contribution is 7.47. The van der Waals surface area contributed by atoms with Gasteiger partial charge in [-0.3, -0.25) is 9.05 Å². The number of phosphoric ester groups is 1. The molecule has 0 aromatic heterocycles. The Labute approximate surface area is 122 Å². The molecule has 0 aliphatic carbocycles. The fourth-order valence-corrected chi connectivity index (χ4v) is 2.61. The van der Waals surface area contributed by atoms with Gasteiger partial charge < -0.3 is 15.4 Å². The Morgan fingerprint density at radius 3 is 2.25 bits per heavy atom. The molecule has 2 atom stereocenters. The molecule has 7 heteroatoms. The smallest absolute Gasteiger partial charge is 0.378 e. The van der Waals surface area contributed by atoms with Crippen LogP contribution in [0.15, 0.2) is 0 Å². The Balaban J connectivity index is 4.21. The zero-order valence-electron chi connectivity index (χ0n) is 13.1. The zero-order chi connectivity index (χ0) is 15.6. The summed E-state index contributed by atoms with van der Waals surface area (Å²) in [6.45, 7) is 8.59. The SMILES string of the molecule is CC(C)OCC(CCCCN)COP(=O)(O)OC(C)C. The molecule has 0 rings (SSSR count). The topological polar surface area (TPSA) is 91.0 Å². The Morgan fingerprint density at radius 1 is 1.10 bits per heavy atom. The number of nitrogens with two attached hydrogens (primary N) is 1. The minimum Gasteiger partial charge on any atom is -0.378 e. The van der Waals surface area contributed by atoms with Crippen LogP contribution in [0.4, 0.5) is 0 Å². The predicted molar refractivity (Wildman–Crippen MR) is 79.5 cm³/mol. The first-order chi connectivity index (χ1) is 9.26. The summed E-state index contributed by atoms with van der Waals surface area (Å²) in [6.07, 6.45) is 2.50. The average molecular weight is 311 g/mol. The Bertz CT molecular complexity index is 286. The van der Waals surface area contributed by atoms with Gasteiger partial charge in [-0.1, -0.05) is 6.42 Å². The van der Waals surface area contributed by atoms with Crippen molar-refractivity contribution in [3.8, 4) is 0 Å². The fourth-order valence-electron chi connectivity index (χ4n) is 1.62. The van der Waals surface area contributed by atoms with Crippen LogP contribution in [0.3, 0.4) is 0 Å². The predicted octanol–water partition coefficient (Wildman–Crippen LogP) is 2.70. The van der Waals surface area contributed by atoms with Gasteiger partial charge in [0.1, 0.15) is 0 Å². The van der Waals surface area contributed by atoms with Crippen LogP contribution in [0.25, 0.3) is 0 Å². The van der Waals surface area contributed by atoms with Crippen molar-refractivity contribution in [2.24, 2.45) is 11.7 Å². The van der Waals surface area contributed by atoms with Gasteiger partial charge in [0.25, 0.3) is 0 Å². The molecule has 0 fully saturated rings. The lowest BCUT2D eigenvalue weighted by Crippen LogP contribution is -2.19. The van der Waals surface area contributed by atoms with Gasteiger partial charge >= 0.3 is 7.82 Å². The summed E-state index contributed by atoms with van der Waals surface area (Å²) >= 11 is 0. The van der Waals surface area contributed by atoms with Crippen LogP contribution in [0.5, 0.6) is 0 Å². The van der Waals surface area contributed by atoms with Gasteiger partial charge in [0, 0.05) is 5.92 Å². The average Bonchev–Trinajstić information content (AvgIpc) is 2.30. The number of hydrogen-bond donors (Lipinski definition) is 2. The van der Waals surface area contributed by atoms with Crippen molar-refractivity contribution >= 4 is 7.82 Å². The molecule has 6 nitrogen and oxygen atoms in total. The van der Waals surface area contributed by atoms with Crippen molar-refractivity contribution in [2.75, 3.05) is 19.8 Å². The van der Waals surface area contributed by atoms with Crippen LogP contribution in [0.2, 0.25) is 0 Å². The third kappa shape index (κ3) is 11.8. The van der Waals surface area contributed by atoms with E-state index in [4.69, 9.17) is 19.5 Å². The highest BCUT2D eigenvalue weighted by atomic mass is 31.2. The number of ether oxygens (including phenoxy) is 1. The van der Waals surface area contributed by atoms with Gasteiger partial charge in [-0.25, -0.2) is 4.57 Å². The first-order valence-corrected chi connectivity index (χ1v) is 8.73. The molecule has 0 saturated carbocycles. The lowest BCUT2D eigenvalue weighted by molar-refractivity contribution is 0.0257. The second kappa shape index (κ2) is 10.7. The molecule has 0 aliphatic rings. The van der Waals surface area contributed by atoms with E-state index in [0.717, 1.165) is 19.3 Å². The normalized spacial score (nSPS) is 16.6. The molecule has 0 bridgehead atoms. The van der Waals surface area contributed by atoms with Crippen molar-refractivity contribution in [1.82, 2.24) is 0 Å². The second-order valence-corrected chi connectivity index (χ2v) is 6.86. The minimum atomic E-state index is -3.97.